The van der Waals surface area contributed by atoms with Crippen molar-refractivity contribution in [3.63, 3.8) is 0 Å². The minimum absolute atomic E-state index is 0.00138. The Kier molecular flexibility index (Phi) is 8.42. The fourth-order valence-corrected chi connectivity index (χ4v) is 7.05. The molecule has 14 nitrogen and oxygen atoms in total. The number of hydrogen-bond acceptors (Lipinski definition) is 11. The Labute approximate surface area is 288 Å². The minimum Gasteiger partial charge on any atom is -0.397 e. The summed E-state index contributed by atoms with van der Waals surface area (Å²) in [4.78, 5) is 48.2. The van der Waals surface area contributed by atoms with Crippen LogP contribution in [0.4, 0.5) is 17.1 Å². The molecule has 49 heavy (non-hydrogen) atoms. The molecular formula is C31H21Cl2N5O9S2. The number of nitrogens with zero attached hydrogens (tertiary/aromatic N) is 3. The lowest BCUT2D eigenvalue weighted by atomic mass is 9.82. The van der Waals surface area contributed by atoms with Gasteiger partial charge in [-0.3, -0.25) is 23.5 Å². The Morgan fingerprint density at radius 1 is 0.796 bits per heavy atom. The first-order valence-corrected chi connectivity index (χ1v) is 17.5. The van der Waals surface area contributed by atoms with Crippen molar-refractivity contribution in [1.29, 1.82) is 0 Å². The third kappa shape index (κ3) is 6.21. The smallest absolute Gasteiger partial charge is 0.296 e. The number of fused-ring (bicyclic) bond motifs is 3. The van der Waals surface area contributed by atoms with E-state index in [4.69, 9.17) is 28.9 Å². The third-order valence-electron chi connectivity index (χ3n) is 7.67. The zero-order valence-electron chi connectivity index (χ0n) is 24.8. The van der Waals surface area contributed by atoms with Gasteiger partial charge in [0.05, 0.1) is 39.2 Å². The molecule has 5 N–H and O–H groups in total. The van der Waals surface area contributed by atoms with E-state index in [0.717, 1.165) is 12.1 Å². The van der Waals surface area contributed by atoms with Crippen molar-refractivity contribution in [3.05, 3.63) is 110 Å². The molecule has 0 spiro atoms. The van der Waals surface area contributed by atoms with E-state index < -0.39 is 64.4 Å². The van der Waals surface area contributed by atoms with Crippen molar-refractivity contribution >= 4 is 89.0 Å². The van der Waals surface area contributed by atoms with Crippen LogP contribution in [-0.2, 0) is 26.8 Å². The fraction of sp³-hybridized carbons (Fsp3) is 0.0645. The van der Waals surface area contributed by atoms with Crippen molar-refractivity contribution in [1.82, 2.24) is 14.9 Å². The molecule has 1 amide bonds. The van der Waals surface area contributed by atoms with Gasteiger partial charge >= 0.3 is 0 Å². The molecule has 6 rings (SSSR count). The van der Waals surface area contributed by atoms with Gasteiger partial charge in [-0.25, -0.2) is 9.97 Å². The average molecular weight is 743 g/mol. The maximum atomic E-state index is 13.6. The van der Waals surface area contributed by atoms with Gasteiger partial charge < -0.3 is 16.0 Å². The number of aromatic nitrogens is 2. The Bertz CT molecular complexity index is 2530. The molecule has 0 aliphatic heterocycles. The number of nitrogen functional groups attached to an aromatic ring is 1. The second-order valence-corrected chi connectivity index (χ2v) is 14.4. The van der Waals surface area contributed by atoms with Crippen molar-refractivity contribution in [2.24, 2.45) is 0 Å². The van der Waals surface area contributed by atoms with E-state index in [-0.39, 0.29) is 50.4 Å². The van der Waals surface area contributed by atoms with Gasteiger partial charge in [-0.2, -0.15) is 16.8 Å². The number of benzene rings is 4. The van der Waals surface area contributed by atoms with Crippen LogP contribution in [0.25, 0.3) is 11.0 Å². The van der Waals surface area contributed by atoms with Crippen LogP contribution in [0.3, 0.4) is 0 Å². The largest absolute Gasteiger partial charge is 0.397 e. The van der Waals surface area contributed by atoms with Gasteiger partial charge in [0, 0.05) is 30.3 Å². The lowest BCUT2D eigenvalue weighted by Crippen LogP contribution is -2.26. The van der Waals surface area contributed by atoms with E-state index in [0.29, 0.717) is 11.0 Å². The molecule has 4 aromatic carbocycles. The van der Waals surface area contributed by atoms with E-state index in [1.807, 2.05) is 0 Å². The van der Waals surface area contributed by atoms with Gasteiger partial charge in [0.25, 0.3) is 26.1 Å². The van der Waals surface area contributed by atoms with E-state index in [1.165, 1.54) is 66.5 Å². The molecule has 0 radical (unpaired) electrons. The van der Waals surface area contributed by atoms with Gasteiger partial charge in [0.2, 0.25) is 0 Å². The molecule has 0 bridgehead atoms. The van der Waals surface area contributed by atoms with E-state index in [1.54, 1.807) is 0 Å². The summed E-state index contributed by atoms with van der Waals surface area (Å²) in [5, 5.41) is 2.58. The van der Waals surface area contributed by atoms with Crippen LogP contribution in [0.1, 0.15) is 47.8 Å². The van der Waals surface area contributed by atoms with Crippen LogP contribution < -0.4 is 11.1 Å². The number of nitrogens with one attached hydrogen (secondary N) is 1. The molecule has 1 heterocycles. The van der Waals surface area contributed by atoms with Gasteiger partial charge in [0.15, 0.2) is 21.9 Å². The number of amides is 1. The number of carbonyl (C=O) groups excluding carboxylic acids is 3. The first-order chi connectivity index (χ1) is 23.0. The van der Waals surface area contributed by atoms with Crippen LogP contribution in [0.2, 0.25) is 10.3 Å². The molecule has 0 saturated heterocycles. The summed E-state index contributed by atoms with van der Waals surface area (Å²) in [5.41, 5.74) is 4.77. The predicted molar refractivity (Wildman–Crippen MR) is 179 cm³/mol. The predicted octanol–water partition coefficient (Wildman–Crippen LogP) is 4.80. The monoisotopic (exact) mass is 741 g/mol. The number of carbonyl (C=O) groups is 3. The molecule has 250 valence electrons. The van der Waals surface area contributed by atoms with Gasteiger partial charge in [-0.05, 0) is 42.0 Å². The van der Waals surface area contributed by atoms with Gasteiger partial charge in [0.1, 0.15) is 9.79 Å². The summed E-state index contributed by atoms with van der Waals surface area (Å²) in [7, 11) is -8.62. The maximum absolute atomic E-state index is 13.6. The lowest BCUT2D eigenvalue weighted by Gasteiger charge is -2.24. The first-order valence-electron chi connectivity index (χ1n) is 13.8. The van der Waals surface area contributed by atoms with Crippen LogP contribution in [0.5, 0.6) is 0 Å². The Morgan fingerprint density at radius 2 is 1.39 bits per heavy atom. The number of hydrogen-bond donors (Lipinski definition) is 4. The minimum atomic E-state index is -5.06. The number of rotatable bonds is 7. The summed E-state index contributed by atoms with van der Waals surface area (Å²) < 4.78 is 69.8. The topological polar surface area (TPSA) is 227 Å². The Hall–Kier alpha value is -4.97. The SMILES string of the molecule is CN(Cc1ccc(Nc2cc(S(=O)(=O)O)c(N)c3c2C(=O)c2ccccc2C3=O)c(S(=O)(=O)O)c1)C(=O)c1ccc2nc(Cl)c(Cl)nc2c1. The highest BCUT2D eigenvalue weighted by Gasteiger charge is 2.37. The van der Waals surface area contributed by atoms with Crippen molar-refractivity contribution in [3.8, 4) is 0 Å². The molecule has 0 fully saturated rings. The van der Waals surface area contributed by atoms with Crippen LogP contribution in [-0.4, -0.2) is 65.3 Å². The number of ketones is 2. The summed E-state index contributed by atoms with van der Waals surface area (Å²) in [6, 6.07) is 14.7. The first kappa shape index (κ1) is 33.9. The average Bonchev–Trinajstić information content (AvgIpc) is 3.03. The standard InChI is InChI=1S/C31H21Cl2N5O9S2/c1-38(31(41)15-7-9-18-20(11-15)37-30(33)29(32)36-18)13-14-6-8-19(22(10-14)48(42,43)44)35-21-12-23(49(45,46)47)26(34)25-24(21)27(39)16-4-2-3-5-17(16)28(25)40/h2-12,35H,13,34H2,1H3,(H,42,43,44)(H,45,46,47). The summed E-state index contributed by atoms with van der Waals surface area (Å²) in [6.45, 7) is -0.152. The molecule has 0 saturated carbocycles. The van der Waals surface area contributed by atoms with Crippen LogP contribution in [0.15, 0.2) is 76.5 Å². The van der Waals surface area contributed by atoms with Crippen LogP contribution in [0, 0.1) is 0 Å². The van der Waals surface area contributed by atoms with Gasteiger partial charge in [-0.15, -0.1) is 0 Å². The molecule has 1 aliphatic carbocycles. The number of halogens is 2. The van der Waals surface area contributed by atoms with E-state index >= 15 is 0 Å². The second-order valence-electron chi connectivity index (χ2n) is 10.9. The molecule has 1 aliphatic rings. The highest BCUT2D eigenvalue weighted by molar-refractivity contribution is 7.86. The summed E-state index contributed by atoms with van der Waals surface area (Å²) in [5.74, 6) is -2.03. The van der Waals surface area contributed by atoms with Gasteiger partial charge in [-0.1, -0.05) is 53.5 Å². The molecule has 0 atom stereocenters. The zero-order chi connectivity index (χ0) is 35.6. The fourth-order valence-electron chi connectivity index (χ4n) is 5.44. The highest BCUT2D eigenvalue weighted by Crippen LogP contribution is 2.41. The third-order valence-corrected chi connectivity index (χ3v) is 10.1. The van der Waals surface area contributed by atoms with Crippen LogP contribution >= 0.6 is 23.2 Å². The van der Waals surface area contributed by atoms with Crippen molar-refractivity contribution in [2.75, 3.05) is 18.1 Å². The maximum Gasteiger partial charge on any atom is 0.296 e. The van der Waals surface area contributed by atoms with Crippen molar-refractivity contribution < 1.29 is 40.3 Å². The van der Waals surface area contributed by atoms with Crippen molar-refractivity contribution in [2.45, 2.75) is 16.3 Å². The molecule has 1 aromatic heterocycles. The summed E-state index contributed by atoms with van der Waals surface area (Å²) in [6.07, 6.45) is 0. The Balaban J connectivity index is 1.38. The molecular weight excluding hydrogens is 721 g/mol. The second kappa shape index (κ2) is 12.2. The number of anilines is 3. The van der Waals surface area contributed by atoms with E-state index in [9.17, 15) is 40.3 Å². The van der Waals surface area contributed by atoms with E-state index in [2.05, 4.69) is 15.3 Å². The normalized spacial score (nSPS) is 12.8. The quantitative estimate of drug-likeness (QED) is 0.127. The number of nitrogens with two attached hydrogens (primary N) is 1. The molecule has 0 unspecified atom stereocenters. The lowest BCUT2D eigenvalue weighted by molar-refractivity contribution is 0.0785. The zero-order valence-corrected chi connectivity index (χ0v) is 27.9. The molecule has 5 aromatic rings. The molecule has 18 heteroatoms. The summed E-state index contributed by atoms with van der Waals surface area (Å²) >= 11 is 11.9. The Morgan fingerprint density at radius 3 is 2.00 bits per heavy atom. The highest BCUT2D eigenvalue weighted by atomic mass is 35.5.